The average molecular weight is 426 g/mol. The number of imide groups is 1. The average Bonchev–Trinajstić information content (AvgIpc) is 2.95. The number of rotatable bonds is 7. The Kier molecular flexibility index (Phi) is 6.56. The van der Waals surface area contributed by atoms with Crippen LogP contribution in [0.3, 0.4) is 0 Å². The van der Waals surface area contributed by atoms with Crippen LogP contribution in [0.25, 0.3) is 0 Å². The number of para-hydroxylation sites is 1. The van der Waals surface area contributed by atoms with Crippen molar-refractivity contribution >= 4 is 46.8 Å². The third-order valence-corrected chi connectivity index (χ3v) is 5.95. The van der Waals surface area contributed by atoms with Gasteiger partial charge in [0.05, 0.1) is 17.4 Å². The van der Waals surface area contributed by atoms with Crippen LogP contribution in [0, 0.1) is 13.8 Å². The molecule has 1 unspecified atom stereocenters. The lowest BCUT2D eigenvalue weighted by atomic mass is 10.1. The number of nitrogens with one attached hydrogen (secondary N) is 1. The molecule has 0 saturated carbocycles. The molecule has 1 aliphatic heterocycles. The van der Waals surface area contributed by atoms with E-state index in [9.17, 15) is 19.2 Å². The van der Waals surface area contributed by atoms with Crippen LogP contribution in [0.2, 0.25) is 0 Å². The lowest BCUT2D eigenvalue weighted by molar-refractivity contribution is -0.138. The van der Waals surface area contributed by atoms with Gasteiger partial charge in [-0.2, -0.15) is 0 Å². The van der Waals surface area contributed by atoms with E-state index in [0.29, 0.717) is 11.4 Å². The number of hydrogen-bond acceptors (Lipinski definition) is 5. The molecule has 3 rings (SSSR count). The van der Waals surface area contributed by atoms with Crippen molar-refractivity contribution in [1.82, 2.24) is 0 Å². The lowest BCUT2D eigenvalue weighted by Gasteiger charge is -2.19. The van der Waals surface area contributed by atoms with Crippen molar-refractivity contribution in [2.24, 2.45) is 0 Å². The summed E-state index contributed by atoms with van der Waals surface area (Å²) in [6.45, 7) is 3.76. The van der Waals surface area contributed by atoms with Gasteiger partial charge in [0.15, 0.2) is 0 Å². The molecule has 156 valence electrons. The molecule has 7 nitrogen and oxygen atoms in total. The predicted molar refractivity (Wildman–Crippen MR) is 115 cm³/mol. The van der Waals surface area contributed by atoms with E-state index in [0.717, 1.165) is 16.0 Å². The second-order valence-electron chi connectivity index (χ2n) is 7.08. The fourth-order valence-corrected chi connectivity index (χ4v) is 4.37. The molecule has 0 bridgehead atoms. The van der Waals surface area contributed by atoms with Crippen LogP contribution in [0.4, 0.5) is 11.4 Å². The van der Waals surface area contributed by atoms with Gasteiger partial charge in [-0.1, -0.05) is 18.2 Å². The van der Waals surface area contributed by atoms with E-state index in [1.807, 2.05) is 32.0 Å². The highest BCUT2D eigenvalue weighted by Gasteiger charge is 2.41. The van der Waals surface area contributed by atoms with Crippen molar-refractivity contribution in [2.45, 2.75) is 43.3 Å². The number of aliphatic carboxylic acids is 1. The van der Waals surface area contributed by atoms with Gasteiger partial charge in [0, 0.05) is 23.4 Å². The van der Waals surface area contributed by atoms with Gasteiger partial charge in [0.1, 0.15) is 0 Å². The molecular formula is C22H22N2O5S. The summed E-state index contributed by atoms with van der Waals surface area (Å²) in [6, 6.07) is 12.6. The molecule has 0 aliphatic carbocycles. The number of carbonyl (C=O) groups excluding carboxylic acids is 3. The Morgan fingerprint density at radius 3 is 2.30 bits per heavy atom. The Morgan fingerprint density at radius 2 is 1.70 bits per heavy atom. The van der Waals surface area contributed by atoms with Gasteiger partial charge in [-0.15, -0.1) is 11.8 Å². The zero-order valence-electron chi connectivity index (χ0n) is 16.7. The van der Waals surface area contributed by atoms with E-state index >= 15 is 0 Å². The first-order chi connectivity index (χ1) is 14.3. The number of carboxylic acid groups (broad SMARTS) is 1. The Balaban J connectivity index is 1.66. The molecular weight excluding hydrogens is 404 g/mol. The third kappa shape index (κ3) is 4.88. The molecule has 1 fully saturated rings. The molecule has 0 aromatic heterocycles. The number of carboxylic acids is 1. The highest BCUT2D eigenvalue weighted by atomic mass is 32.2. The summed E-state index contributed by atoms with van der Waals surface area (Å²) in [7, 11) is 0. The van der Waals surface area contributed by atoms with Crippen LogP contribution >= 0.6 is 11.8 Å². The molecule has 1 aliphatic rings. The minimum Gasteiger partial charge on any atom is -0.481 e. The Hall–Kier alpha value is -3.13. The third-order valence-electron chi connectivity index (χ3n) is 4.75. The maximum absolute atomic E-state index is 12.9. The zero-order valence-corrected chi connectivity index (χ0v) is 17.5. The monoisotopic (exact) mass is 426 g/mol. The number of thioether (sulfide) groups is 1. The molecule has 0 radical (unpaired) electrons. The molecule has 2 N–H and O–H groups in total. The standard InChI is InChI=1S/C22H22N2O5S/c1-13-4-3-5-14(2)21(13)24-19(26)12-17(22(24)29)30-16-8-6-15(7-9-16)23-18(25)10-11-20(27)28/h3-9,17H,10-12H2,1-2H3,(H,23,25)(H,27,28). The largest absolute Gasteiger partial charge is 0.481 e. The Bertz CT molecular complexity index is 983. The molecule has 3 amide bonds. The van der Waals surface area contributed by atoms with Crippen molar-refractivity contribution in [3.05, 3.63) is 53.6 Å². The number of carbonyl (C=O) groups is 4. The first kappa shape index (κ1) is 21.6. The van der Waals surface area contributed by atoms with Gasteiger partial charge in [-0.3, -0.25) is 19.2 Å². The molecule has 2 aromatic carbocycles. The van der Waals surface area contributed by atoms with Crippen LogP contribution < -0.4 is 10.2 Å². The fraction of sp³-hybridized carbons (Fsp3) is 0.273. The molecule has 1 atom stereocenters. The minimum absolute atomic E-state index is 0.0985. The van der Waals surface area contributed by atoms with E-state index in [4.69, 9.17) is 5.11 Å². The van der Waals surface area contributed by atoms with Crippen LogP contribution in [0.5, 0.6) is 0 Å². The van der Waals surface area contributed by atoms with Gasteiger partial charge < -0.3 is 10.4 Å². The number of benzene rings is 2. The van der Waals surface area contributed by atoms with Crippen molar-refractivity contribution < 1.29 is 24.3 Å². The molecule has 2 aromatic rings. The Morgan fingerprint density at radius 1 is 1.07 bits per heavy atom. The second-order valence-corrected chi connectivity index (χ2v) is 8.36. The fourth-order valence-electron chi connectivity index (χ4n) is 3.31. The van der Waals surface area contributed by atoms with E-state index in [1.54, 1.807) is 24.3 Å². The maximum atomic E-state index is 12.9. The summed E-state index contributed by atoms with van der Waals surface area (Å²) in [5, 5.41) is 10.8. The number of amides is 3. The molecule has 8 heteroatoms. The highest BCUT2D eigenvalue weighted by Crippen LogP contribution is 2.36. The van der Waals surface area contributed by atoms with E-state index in [1.165, 1.54) is 16.7 Å². The van der Waals surface area contributed by atoms with Gasteiger partial charge in [-0.05, 0) is 49.2 Å². The smallest absolute Gasteiger partial charge is 0.303 e. The van der Waals surface area contributed by atoms with Crippen molar-refractivity contribution in [3.63, 3.8) is 0 Å². The van der Waals surface area contributed by atoms with Crippen molar-refractivity contribution in [3.8, 4) is 0 Å². The van der Waals surface area contributed by atoms with Crippen LogP contribution in [-0.2, 0) is 19.2 Å². The Labute approximate surface area is 178 Å². The topological polar surface area (TPSA) is 104 Å². The van der Waals surface area contributed by atoms with Crippen molar-refractivity contribution in [2.75, 3.05) is 10.2 Å². The van der Waals surface area contributed by atoms with Crippen LogP contribution in [0.15, 0.2) is 47.4 Å². The maximum Gasteiger partial charge on any atom is 0.303 e. The number of nitrogens with zero attached hydrogens (tertiary/aromatic N) is 1. The first-order valence-electron chi connectivity index (χ1n) is 9.47. The lowest BCUT2D eigenvalue weighted by Crippen LogP contribution is -2.32. The quantitative estimate of drug-likeness (QED) is 0.657. The van der Waals surface area contributed by atoms with E-state index < -0.39 is 11.2 Å². The van der Waals surface area contributed by atoms with Gasteiger partial charge in [0.25, 0.3) is 0 Å². The zero-order chi connectivity index (χ0) is 21.8. The molecule has 0 spiro atoms. The van der Waals surface area contributed by atoms with E-state index in [-0.39, 0.29) is 37.0 Å². The normalized spacial score (nSPS) is 16.1. The molecule has 1 saturated heterocycles. The summed E-state index contributed by atoms with van der Waals surface area (Å²) in [5.41, 5.74) is 2.96. The first-order valence-corrected chi connectivity index (χ1v) is 10.4. The van der Waals surface area contributed by atoms with Crippen molar-refractivity contribution in [1.29, 1.82) is 0 Å². The summed E-state index contributed by atoms with van der Waals surface area (Å²) in [6.07, 6.45) is -0.196. The summed E-state index contributed by atoms with van der Waals surface area (Å²) < 4.78 is 0. The van der Waals surface area contributed by atoms with Crippen LogP contribution in [-0.4, -0.2) is 34.0 Å². The predicted octanol–water partition coefficient (Wildman–Crippen LogP) is 3.53. The van der Waals surface area contributed by atoms with Gasteiger partial charge in [0.2, 0.25) is 17.7 Å². The van der Waals surface area contributed by atoms with Gasteiger partial charge in [-0.25, -0.2) is 4.90 Å². The SMILES string of the molecule is Cc1cccc(C)c1N1C(=O)CC(Sc2ccc(NC(=O)CCC(=O)O)cc2)C1=O. The summed E-state index contributed by atoms with van der Waals surface area (Å²) >= 11 is 1.31. The highest BCUT2D eigenvalue weighted by molar-refractivity contribution is 8.00. The minimum atomic E-state index is -1.03. The number of hydrogen-bond donors (Lipinski definition) is 2. The van der Waals surface area contributed by atoms with E-state index in [2.05, 4.69) is 5.32 Å². The summed E-state index contributed by atoms with van der Waals surface area (Å²) in [5.74, 6) is -1.84. The second kappa shape index (κ2) is 9.13. The number of anilines is 2. The molecule has 1 heterocycles. The summed E-state index contributed by atoms with van der Waals surface area (Å²) in [4.78, 5) is 49.9. The molecule has 30 heavy (non-hydrogen) atoms. The van der Waals surface area contributed by atoms with Gasteiger partial charge >= 0.3 is 5.97 Å². The number of aryl methyl sites for hydroxylation is 2. The van der Waals surface area contributed by atoms with Crippen LogP contribution in [0.1, 0.15) is 30.4 Å².